The summed E-state index contributed by atoms with van der Waals surface area (Å²) in [6.45, 7) is 0. The Morgan fingerprint density at radius 2 is 2.04 bits per heavy atom. The third-order valence-electron chi connectivity index (χ3n) is 3.98. The Hall–Kier alpha value is -2.70. The van der Waals surface area contributed by atoms with Crippen molar-refractivity contribution in [1.82, 2.24) is 4.98 Å². The molecule has 1 aliphatic heterocycles. The quantitative estimate of drug-likeness (QED) is 0.590. The van der Waals surface area contributed by atoms with E-state index in [1.54, 1.807) is 18.3 Å². The number of aromatic nitrogens is 1. The van der Waals surface area contributed by atoms with Crippen LogP contribution in [0.3, 0.4) is 0 Å². The minimum Gasteiger partial charge on any atom is -0.464 e. The van der Waals surface area contributed by atoms with Crippen molar-refractivity contribution in [2.24, 2.45) is 0 Å². The van der Waals surface area contributed by atoms with Crippen LogP contribution in [-0.2, 0) is 11.2 Å². The van der Waals surface area contributed by atoms with E-state index >= 15 is 0 Å². The first-order valence-electron chi connectivity index (χ1n) is 8.32. The van der Waals surface area contributed by atoms with Crippen molar-refractivity contribution in [3.63, 3.8) is 0 Å². The second-order valence-corrected chi connectivity index (χ2v) is 7.98. The van der Waals surface area contributed by atoms with Gasteiger partial charge in [0.1, 0.15) is 5.75 Å². The summed E-state index contributed by atoms with van der Waals surface area (Å²) in [5.41, 5.74) is 2.56. The van der Waals surface area contributed by atoms with Gasteiger partial charge in [-0.1, -0.05) is 46.3 Å². The summed E-state index contributed by atoms with van der Waals surface area (Å²) in [7, 11) is 0. The number of carbonyl (C=O) groups excluding carboxylic acids is 1. The zero-order chi connectivity index (χ0) is 18.6. The normalized spacial score (nSPS) is 12.6. The van der Waals surface area contributed by atoms with Crippen LogP contribution < -0.4 is 10.1 Å². The van der Waals surface area contributed by atoms with Crippen LogP contribution in [-0.4, -0.2) is 10.9 Å². The maximum absolute atomic E-state index is 12.7. The highest BCUT2D eigenvalue weighted by molar-refractivity contribution is 9.10. The zero-order valence-corrected chi connectivity index (χ0v) is 16.6. The molecule has 6 heteroatoms. The summed E-state index contributed by atoms with van der Waals surface area (Å²) in [5.74, 6) is 0.486. The Kier molecular flexibility index (Phi) is 5.18. The molecule has 0 saturated carbocycles. The van der Waals surface area contributed by atoms with Gasteiger partial charge in [-0.15, -0.1) is 11.3 Å². The fourth-order valence-corrected chi connectivity index (χ4v) is 3.91. The lowest BCUT2D eigenvalue weighted by Gasteiger charge is -2.04. The van der Waals surface area contributed by atoms with Crippen LogP contribution in [0.2, 0.25) is 0 Å². The topological polar surface area (TPSA) is 51.2 Å². The molecular formula is C21H15BrN2O2S. The molecule has 4 nitrogen and oxygen atoms in total. The Labute approximate surface area is 169 Å². The molecule has 134 valence electrons. The number of amides is 1. The summed E-state index contributed by atoms with van der Waals surface area (Å²) < 4.78 is 6.48. The lowest BCUT2D eigenvalue weighted by atomic mass is 10.1. The second-order valence-electron chi connectivity index (χ2n) is 5.95. The minimum atomic E-state index is -0.219. The maximum atomic E-state index is 12.7. The largest absolute Gasteiger partial charge is 0.464 e. The molecule has 0 saturated heterocycles. The molecule has 0 unspecified atom stereocenters. The van der Waals surface area contributed by atoms with Gasteiger partial charge in [0.25, 0.3) is 5.91 Å². The first-order chi connectivity index (χ1) is 13.2. The monoisotopic (exact) mass is 438 g/mol. The van der Waals surface area contributed by atoms with Crippen LogP contribution in [0.1, 0.15) is 16.0 Å². The van der Waals surface area contributed by atoms with Gasteiger partial charge >= 0.3 is 0 Å². The smallest absolute Gasteiger partial charge is 0.257 e. The van der Waals surface area contributed by atoms with Gasteiger partial charge in [0.05, 0.1) is 6.26 Å². The van der Waals surface area contributed by atoms with Gasteiger partial charge in [-0.3, -0.25) is 10.1 Å². The van der Waals surface area contributed by atoms with Crippen molar-refractivity contribution >= 4 is 44.4 Å². The lowest BCUT2D eigenvalue weighted by Crippen LogP contribution is -2.12. The highest BCUT2D eigenvalue weighted by atomic mass is 79.9. The molecule has 0 bridgehead atoms. The van der Waals surface area contributed by atoms with Gasteiger partial charge in [0.15, 0.2) is 5.13 Å². The number of rotatable bonds is 4. The average molecular weight is 439 g/mol. The van der Waals surface area contributed by atoms with E-state index in [1.807, 2.05) is 36.4 Å². The van der Waals surface area contributed by atoms with E-state index in [0.29, 0.717) is 16.5 Å². The summed E-state index contributed by atoms with van der Waals surface area (Å²) in [6.07, 6.45) is 7.58. The lowest BCUT2D eigenvalue weighted by molar-refractivity contribution is -0.112. The molecular weight excluding hydrogens is 424 g/mol. The van der Waals surface area contributed by atoms with E-state index in [4.69, 9.17) is 4.74 Å². The average Bonchev–Trinajstić information content (AvgIpc) is 2.98. The molecule has 1 amide bonds. The van der Waals surface area contributed by atoms with Crippen LogP contribution in [0.25, 0.3) is 6.08 Å². The molecule has 0 atom stereocenters. The molecule has 1 N–H and O–H groups in total. The van der Waals surface area contributed by atoms with Crippen molar-refractivity contribution in [3.05, 3.63) is 93.1 Å². The number of ether oxygens (including phenoxy) is 1. The molecule has 1 aromatic heterocycles. The van der Waals surface area contributed by atoms with Crippen molar-refractivity contribution in [2.75, 3.05) is 5.32 Å². The number of hydrogen-bond acceptors (Lipinski definition) is 4. The highest BCUT2D eigenvalue weighted by Crippen LogP contribution is 2.29. The number of benzene rings is 2. The van der Waals surface area contributed by atoms with Gasteiger partial charge in [-0.05, 0) is 35.9 Å². The van der Waals surface area contributed by atoms with E-state index in [-0.39, 0.29) is 5.91 Å². The van der Waals surface area contributed by atoms with Crippen LogP contribution in [0.4, 0.5) is 5.13 Å². The van der Waals surface area contributed by atoms with Crippen molar-refractivity contribution < 1.29 is 9.53 Å². The number of hydrogen-bond donors (Lipinski definition) is 1. The zero-order valence-electron chi connectivity index (χ0n) is 14.2. The van der Waals surface area contributed by atoms with E-state index < -0.39 is 0 Å². The Morgan fingerprint density at radius 1 is 1.19 bits per heavy atom. The number of nitrogens with one attached hydrogen (secondary N) is 1. The SMILES string of the molecule is O=C(Nc1ncc(Cc2ccccc2)s1)C1=Cc2cc(Br)ccc2OC=C1. The Balaban J connectivity index is 1.49. The fraction of sp³-hybridized carbons (Fsp3) is 0.0476. The molecule has 4 rings (SSSR count). The number of nitrogens with zero attached hydrogens (tertiary/aromatic N) is 1. The van der Waals surface area contributed by atoms with Gasteiger partial charge in [-0.2, -0.15) is 0 Å². The highest BCUT2D eigenvalue weighted by Gasteiger charge is 2.14. The Morgan fingerprint density at radius 3 is 2.89 bits per heavy atom. The van der Waals surface area contributed by atoms with E-state index in [2.05, 4.69) is 38.4 Å². The molecule has 1 aliphatic rings. The summed E-state index contributed by atoms with van der Waals surface area (Å²) >= 11 is 4.92. The predicted molar refractivity (Wildman–Crippen MR) is 112 cm³/mol. The molecule has 3 aromatic rings. The molecule has 0 radical (unpaired) electrons. The van der Waals surface area contributed by atoms with Crippen LogP contribution in [0.5, 0.6) is 5.75 Å². The fourth-order valence-electron chi connectivity index (χ4n) is 2.69. The number of carbonyl (C=O) groups is 1. The molecule has 27 heavy (non-hydrogen) atoms. The van der Waals surface area contributed by atoms with Crippen molar-refractivity contribution in [1.29, 1.82) is 0 Å². The van der Waals surface area contributed by atoms with Crippen molar-refractivity contribution in [3.8, 4) is 5.75 Å². The first kappa shape index (κ1) is 17.7. The predicted octanol–water partition coefficient (Wildman–Crippen LogP) is 5.42. The van der Waals surface area contributed by atoms with Gasteiger partial charge < -0.3 is 4.74 Å². The van der Waals surface area contributed by atoms with E-state index in [1.165, 1.54) is 23.2 Å². The summed E-state index contributed by atoms with van der Waals surface area (Å²) in [6, 6.07) is 15.9. The summed E-state index contributed by atoms with van der Waals surface area (Å²) in [4.78, 5) is 18.1. The number of fused-ring (bicyclic) bond motifs is 1. The molecule has 2 aromatic carbocycles. The van der Waals surface area contributed by atoms with Crippen molar-refractivity contribution in [2.45, 2.75) is 6.42 Å². The van der Waals surface area contributed by atoms with E-state index in [9.17, 15) is 4.79 Å². The molecule has 0 fully saturated rings. The summed E-state index contributed by atoms with van der Waals surface area (Å²) in [5, 5.41) is 3.46. The van der Waals surface area contributed by atoms with Crippen LogP contribution >= 0.6 is 27.3 Å². The first-order valence-corrected chi connectivity index (χ1v) is 9.93. The molecule has 0 aliphatic carbocycles. The molecule has 0 spiro atoms. The van der Waals surface area contributed by atoms with Gasteiger partial charge in [0.2, 0.25) is 0 Å². The third kappa shape index (κ3) is 4.35. The van der Waals surface area contributed by atoms with Crippen LogP contribution in [0, 0.1) is 0 Å². The van der Waals surface area contributed by atoms with Gasteiger partial charge in [-0.25, -0.2) is 4.98 Å². The number of anilines is 1. The number of halogens is 1. The Bertz CT molecular complexity index is 1040. The van der Waals surface area contributed by atoms with Crippen LogP contribution in [0.15, 0.2) is 77.1 Å². The maximum Gasteiger partial charge on any atom is 0.257 e. The number of thiazole rings is 1. The van der Waals surface area contributed by atoms with Gasteiger partial charge in [0, 0.05) is 33.1 Å². The third-order valence-corrected chi connectivity index (χ3v) is 5.39. The molecule has 2 heterocycles. The van der Waals surface area contributed by atoms with E-state index in [0.717, 1.165) is 21.3 Å². The second kappa shape index (κ2) is 7.90. The standard InChI is InChI=1S/C21H15BrN2O2S/c22-17-6-7-19-16(12-17)11-15(8-9-26-19)20(25)24-21-23-13-18(27-21)10-14-4-2-1-3-5-14/h1-9,11-13H,10H2,(H,23,24,25). The minimum absolute atomic E-state index is 0.219.